The summed E-state index contributed by atoms with van der Waals surface area (Å²) in [6.07, 6.45) is -4.48. The van der Waals surface area contributed by atoms with Gasteiger partial charge in [0.15, 0.2) is 12.4 Å². The SMILES string of the molecule is CC(C)c1noc(-c2cccc(OCC(=O)Nc3cccc(C(F)(F)F)c3)c2)n1. The molecule has 1 amide bonds. The Morgan fingerprint density at radius 2 is 1.93 bits per heavy atom. The van der Waals surface area contributed by atoms with Crippen LogP contribution in [0.1, 0.15) is 31.2 Å². The maximum atomic E-state index is 12.7. The van der Waals surface area contributed by atoms with Crippen molar-refractivity contribution in [2.24, 2.45) is 0 Å². The van der Waals surface area contributed by atoms with Crippen LogP contribution in [0.3, 0.4) is 0 Å². The van der Waals surface area contributed by atoms with Gasteiger partial charge in [0.1, 0.15) is 5.75 Å². The third-order valence-electron chi connectivity index (χ3n) is 3.88. The Morgan fingerprint density at radius 1 is 1.17 bits per heavy atom. The van der Waals surface area contributed by atoms with Crippen molar-refractivity contribution in [1.29, 1.82) is 0 Å². The molecule has 1 heterocycles. The van der Waals surface area contributed by atoms with Gasteiger partial charge in [-0.2, -0.15) is 18.2 Å². The molecule has 3 aromatic rings. The third kappa shape index (κ3) is 5.34. The maximum Gasteiger partial charge on any atom is 0.416 e. The summed E-state index contributed by atoms with van der Waals surface area (Å²) in [6.45, 7) is 3.51. The molecular formula is C20H18F3N3O3. The largest absolute Gasteiger partial charge is 0.484 e. The molecule has 0 radical (unpaired) electrons. The van der Waals surface area contributed by atoms with E-state index in [0.717, 1.165) is 12.1 Å². The average Bonchev–Trinajstić information content (AvgIpc) is 3.17. The molecule has 6 nitrogen and oxygen atoms in total. The van der Waals surface area contributed by atoms with E-state index in [9.17, 15) is 18.0 Å². The van der Waals surface area contributed by atoms with Crippen LogP contribution in [0, 0.1) is 0 Å². The van der Waals surface area contributed by atoms with Crippen LogP contribution in [-0.2, 0) is 11.0 Å². The van der Waals surface area contributed by atoms with E-state index in [4.69, 9.17) is 9.26 Å². The zero-order valence-electron chi connectivity index (χ0n) is 15.7. The molecule has 3 rings (SSSR count). The molecule has 0 spiro atoms. The first-order valence-corrected chi connectivity index (χ1v) is 8.76. The first-order chi connectivity index (χ1) is 13.7. The second kappa shape index (κ2) is 8.34. The lowest BCUT2D eigenvalue weighted by Gasteiger charge is -2.10. The van der Waals surface area contributed by atoms with Crippen LogP contribution in [0.4, 0.5) is 18.9 Å². The van der Waals surface area contributed by atoms with E-state index in [1.54, 1.807) is 24.3 Å². The van der Waals surface area contributed by atoms with Crippen molar-refractivity contribution >= 4 is 11.6 Å². The molecule has 0 fully saturated rings. The zero-order chi connectivity index (χ0) is 21.0. The second-order valence-electron chi connectivity index (χ2n) is 6.56. The van der Waals surface area contributed by atoms with Gasteiger partial charge in [0.05, 0.1) is 5.56 Å². The van der Waals surface area contributed by atoms with E-state index in [1.165, 1.54) is 12.1 Å². The standard InChI is InChI=1S/C20H18F3N3O3/c1-12(2)18-25-19(29-26-18)13-5-3-8-16(9-13)28-11-17(27)24-15-7-4-6-14(10-15)20(21,22)23/h3-10,12H,11H2,1-2H3,(H,24,27). The van der Waals surface area contributed by atoms with Crippen molar-refractivity contribution in [3.8, 4) is 17.2 Å². The molecule has 0 unspecified atom stereocenters. The van der Waals surface area contributed by atoms with Crippen LogP contribution in [0.5, 0.6) is 5.75 Å². The molecule has 0 atom stereocenters. The number of carbonyl (C=O) groups is 1. The minimum Gasteiger partial charge on any atom is -0.484 e. The molecule has 1 aromatic heterocycles. The lowest BCUT2D eigenvalue weighted by molar-refractivity contribution is -0.137. The van der Waals surface area contributed by atoms with Gasteiger partial charge < -0.3 is 14.6 Å². The summed E-state index contributed by atoms with van der Waals surface area (Å²) in [4.78, 5) is 16.3. The molecule has 0 aliphatic carbocycles. The van der Waals surface area contributed by atoms with Crippen LogP contribution in [0.2, 0.25) is 0 Å². The number of ether oxygens (including phenoxy) is 1. The van der Waals surface area contributed by atoms with Gasteiger partial charge in [-0.15, -0.1) is 0 Å². The first-order valence-electron chi connectivity index (χ1n) is 8.76. The highest BCUT2D eigenvalue weighted by molar-refractivity contribution is 5.92. The number of nitrogens with one attached hydrogen (secondary N) is 1. The summed E-state index contributed by atoms with van der Waals surface area (Å²) in [7, 11) is 0. The lowest BCUT2D eigenvalue weighted by atomic mass is 10.2. The predicted octanol–water partition coefficient (Wildman–Crippen LogP) is 4.90. The fraction of sp³-hybridized carbons (Fsp3) is 0.250. The highest BCUT2D eigenvalue weighted by Gasteiger charge is 2.30. The molecule has 0 aliphatic heterocycles. The van der Waals surface area contributed by atoms with Gasteiger partial charge in [0.2, 0.25) is 0 Å². The highest BCUT2D eigenvalue weighted by atomic mass is 19.4. The molecular weight excluding hydrogens is 387 g/mol. The number of nitrogens with zero attached hydrogens (tertiary/aromatic N) is 2. The molecule has 152 valence electrons. The van der Waals surface area contributed by atoms with E-state index in [0.29, 0.717) is 23.0 Å². The Bertz CT molecular complexity index is 1000. The third-order valence-corrected chi connectivity index (χ3v) is 3.88. The van der Waals surface area contributed by atoms with Crippen molar-refractivity contribution in [3.63, 3.8) is 0 Å². The van der Waals surface area contributed by atoms with Gasteiger partial charge in [-0.1, -0.05) is 31.1 Å². The Balaban J connectivity index is 1.62. The summed E-state index contributed by atoms with van der Waals surface area (Å²) < 4.78 is 48.9. The topological polar surface area (TPSA) is 77.2 Å². The Kier molecular flexibility index (Phi) is 5.86. The number of hydrogen-bond acceptors (Lipinski definition) is 5. The van der Waals surface area contributed by atoms with E-state index >= 15 is 0 Å². The van der Waals surface area contributed by atoms with Gasteiger partial charge >= 0.3 is 6.18 Å². The monoisotopic (exact) mass is 405 g/mol. The minimum atomic E-state index is -4.48. The fourth-order valence-corrected chi connectivity index (χ4v) is 2.42. The lowest BCUT2D eigenvalue weighted by Crippen LogP contribution is -2.20. The molecule has 9 heteroatoms. The minimum absolute atomic E-state index is 0.0363. The molecule has 2 aromatic carbocycles. The zero-order valence-corrected chi connectivity index (χ0v) is 15.7. The highest BCUT2D eigenvalue weighted by Crippen LogP contribution is 2.30. The van der Waals surface area contributed by atoms with Gasteiger partial charge in [-0.25, -0.2) is 0 Å². The van der Waals surface area contributed by atoms with Gasteiger partial charge in [0, 0.05) is 17.2 Å². The van der Waals surface area contributed by atoms with E-state index < -0.39 is 17.6 Å². The number of alkyl halides is 3. The van der Waals surface area contributed by atoms with Crippen LogP contribution in [0.15, 0.2) is 53.1 Å². The second-order valence-corrected chi connectivity index (χ2v) is 6.56. The number of rotatable bonds is 6. The van der Waals surface area contributed by atoms with Crippen LogP contribution in [-0.4, -0.2) is 22.7 Å². The fourth-order valence-electron chi connectivity index (χ4n) is 2.42. The number of benzene rings is 2. The Labute approximate surface area is 164 Å². The van der Waals surface area contributed by atoms with Crippen LogP contribution >= 0.6 is 0 Å². The van der Waals surface area contributed by atoms with Crippen molar-refractivity contribution in [1.82, 2.24) is 10.1 Å². The molecule has 0 saturated carbocycles. The van der Waals surface area contributed by atoms with E-state index in [-0.39, 0.29) is 18.2 Å². The Hall–Kier alpha value is -3.36. The van der Waals surface area contributed by atoms with Crippen molar-refractivity contribution < 1.29 is 27.2 Å². The summed E-state index contributed by atoms with van der Waals surface area (Å²) in [5, 5.41) is 6.28. The van der Waals surface area contributed by atoms with Gasteiger partial charge in [-0.3, -0.25) is 4.79 Å². The van der Waals surface area contributed by atoms with Crippen molar-refractivity contribution in [2.75, 3.05) is 11.9 Å². The predicted molar refractivity (Wildman–Crippen MR) is 99.4 cm³/mol. The normalized spacial score (nSPS) is 11.5. The number of amides is 1. The van der Waals surface area contributed by atoms with Crippen LogP contribution in [0.25, 0.3) is 11.5 Å². The van der Waals surface area contributed by atoms with Crippen LogP contribution < -0.4 is 10.1 Å². The molecule has 29 heavy (non-hydrogen) atoms. The van der Waals surface area contributed by atoms with Crippen molar-refractivity contribution in [3.05, 3.63) is 59.9 Å². The molecule has 0 bridgehead atoms. The van der Waals surface area contributed by atoms with E-state index in [2.05, 4.69) is 15.5 Å². The number of halogens is 3. The maximum absolute atomic E-state index is 12.7. The van der Waals surface area contributed by atoms with E-state index in [1.807, 2.05) is 13.8 Å². The Morgan fingerprint density at radius 3 is 2.62 bits per heavy atom. The summed E-state index contributed by atoms with van der Waals surface area (Å²) in [5.74, 6) is 0.812. The van der Waals surface area contributed by atoms with Crippen molar-refractivity contribution in [2.45, 2.75) is 25.9 Å². The molecule has 0 aliphatic rings. The number of aromatic nitrogens is 2. The number of carbonyl (C=O) groups excluding carboxylic acids is 1. The number of anilines is 1. The molecule has 0 saturated heterocycles. The quantitative estimate of drug-likeness (QED) is 0.631. The molecule has 1 N–H and O–H groups in total. The van der Waals surface area contributed by atoms with Gasteiger partial charge in [-0.05, 0) is 36.4 Å². The summed E-state index contributed by atoms with van der Waals surface area (Å²) >= 11 is 0. The first kappa shape index (κ1) is 20.4. The number of hydrogen-bond donors (Lipinski definition) is 1. The smallest absolute Gasteiger partial charge is 0.416 e. The average molecular weight is 405 g/mol. The summed E-state index contributed by atoms with van der Waals surface area (Å²) in [5.41, 5.74) is -0.182. The van der Waals surface area contributed by atoms with Gasteiger partial charge in [0.25, 0.3) is 11.8 Å². The summed E-state index contributed by atoms with van der Waals surface area (Å²) in [6, 6.07) is 11.1.